The highest BCUT2D eigenvalue weighted by atomic mass is 16.5. The number of ether oxygens (including phenoxy) is 1. The van der Waals surface area contributed by atoms with E-state index in [4.69, 9.17) is 10.5 Å². The molecule has 2 aromatic heterocycles. The van der Waals surface area contributed by atoms with Crippen molar-refractivity contribution in [1.29, 1.82) is 0 Å². The number of pyridine rings is 1. The van der Waals surface area contributed by atoms with Crippen LogP contribution in [-0.4, -0.2) is 22.7 Å². The van der Waals surface area contributed by atoms with Crippen LogP contribution in [0.5, 0.6) is 0 Å². The molecule has 0 unspecified atom stereocenters. The Labute approximate surface area is 150 Å². The van der Waals surface area contributed by atoms with Gasteiger partial charge in [-0.2, -0.15) is 0 Å². The van der Waals surface area contributed by atoms with Gasteiger partial charge in [-0.3, -0.25) is 0 Å². The normalized spacial score (nSPS) is 11.1. The van der Waals surface area contributed by atoms with E-state index in [9.17, 15) is 4.79 Å². The molecule has 0 aliphatic rings. The highest BCUT2D eigenvalue weighted by Crippen LogP contribution is 2.34. The van der Waals surface area contributed by atoms with E-state index in [-0.39, 0.29) is 6.61 Å². The number of hydrogen-bond donors (Lipinski definition) is 2. The molecule has 0 radical (unpaired) electrons. The molecular formula is C21H19N3O2. The predicted octanol–water partition coefficient (Wildman–Crippen LogP) is 4.33. The zero-order valence-corrected chi connectivity index (χ0v) is 14.5. The molecule has 0 saturated heterocycles. The topological polar surface area (TPSA) is 81.0 Å². The number of carbonyl (C=O) groups excluding carboxylic acids is 1. The van der Waals surface area contributed by atoms with Crippen molar-refractivity contribution >= 4 is 28.0 Å². The highest BCUT2D eigenvalue weighted by Gasteiger charge is 2.11. The number of amides is 1. The van der Waals surface area contributed by atoms with Gasteiger partial charge in [-0.15, -0.1) is 0 Å². The van der Waals surface area contributed by atoms with Gasteiger partial charge in [0.2, 0.25) is 0 Å². The van der Waals surface area contributed by atoms with E-state index in [1.54, 1.807) is 0 Å². The largest absolute Gasteiger partial charge is 0.449 e. The van der Waals surface area contributed by atoms with Crippen molar-refractivity contribution in [2.45, 2.75) is 13.3 Å². The number of primary amides is 1. The lowest BCUT2D eigenvalue weighted by Gasteiger charge is -2.07. The summed E-state index contributed by atoms with van der Waals surface area (Å²) >= 11 is 0. The van der Waals surface area contributed by atoms with E-state index in [2.05, 4.69) is 47.2 Å². The first-order valence-electron chi connectivity index (χ1n) is 8.50. The van der Waals surface area contributed by atoms with Gasteiger partial charge in [-0.05, 0) is 41.3 Å². The standard InChI is InChI=1S/C21H19N3O2/c1-13-5-6-17-18(11-13)24-20-19(17)16(7-9-23-20)15-4-2-3-14(12-15)8-10-26-21(22)25/h2-7,9,11-12H,8,10H2,1H3,(H2,22,25)(H,23,24). The number of nitrogens with one attached hydrogen (secondary N) is 1. The summed E-state index contributed by atoms with van der Waals surface area (Å²) < 4.78 is 4.84. The van der Waals surface area contributed by atoms with Crippen LogP contribution >= 0.6 is 0 Å². The van der Waals surface area contributed by atoms with Crippen LogP contribution in [0.3, 0.4) is 0 Å². The molecule has 2 aromatic carbocycles. The maximum absolute atomic E-state index is 10.7. The number of aromatic nitrogens is 2. The second kappa shape index (κ2) is 6.52. The summed E-state index contributed by atoms with van der Waals surface area (Å²) in [5, 5.41) is 2.28. The SMILES string of the molecule is Cc1ccc2c(c1)[nH]c1nccc(-c3cccc(CCOC(N)=O)c3)c12. The van der Waals surface area contributed by atoms with Crippen LogP contribution in [0, 0.1) is 6.92 Å². The lowest BCUT2D eigenvalue weighted by Crippen LogP contribution is -2.14. The monoisotopic (exact) mass is 345 g/mol. The van der Waals surface area contributed by atoms with Gasteiger partial charge < -0.3 is 15.5 Å². The Morgan fingerprint density at radius 3 is 2.92 bits per heavy atom. The summed E-state index contributed by atoms with van der Waals surface area (Å²) in [5.41, 5.74) is 11.5. The first kappa shape index (κ1) is 16.1. The average molecular weight is 345 g/mol. The van der Waals surface area contributed by atoms with Crippen molar-refractivity contribution < 1.29 is 9.53 Å². The maximum atomic E-state index is 10.7. The van der Waals surface area contributed by atoms with E-state index in [0.717, 1.165) is 38.6 Å². The number of hydrogen-bond acceptors (Lipinski definition) is 3. The Balaban J connectivity index is 1.79. The molecule has 3 N–H and O–H groups in total. The van der Waals surface area contributed by atoms with Crippen LogP contribution in [-0.2, 0) is 11.2 Å². The van der Waals surface area contributed by atoms with Gasteiger partial charge in [-0.1, -0.05) is 36.4 Å². The van der Waals surface area contributed by atoms with E-state index < -0.39 is 6.09 Å². The third-order valence-electron chi connectivity index (χ3n) is 4.52. The third-order valence-corrected chi connectivity index (χ3v) is 4.52. The van der Waals surface area contributed by atoms with Crippen molar-refractivity contribution in [1.82, 2.24) is 9.97 Å². The fraction of sp³-hybridized carbons (Fsp3) is 0.143. The maximum Gasteiger partial charge on any atom is 0.404 e. The van der Waals surface area contributed by atoms with E-state index in [0.29, 0.717) is 6.42 Å². The first-order chi connectivity index (χ1) is 12.6. The Morgan fingerprint density at radius 2 is 2.08 bits per heavy atom. The number of nitrogens with two attached hydrogens (primary N) is 1. The lowest BCUT2D eigenvalue weighted by atomic mass is 9.98. The van der Waals surface area contributed by atoms with Gasteiger partial charge in [0.25, 0.3) is 0 Å². The van der Waals surface area contributed by atoms with Crippen LogP contribution in [0.1, 0.15) is 11.1 Å². The predicted molar refractivity (Wildman–Crippen MR) is 103 cm³/mol. The molecule has 0 atom stereocenters. The molecule has 0 aliphatic carbocycles. The molecule has 130 valence electrons. The smallest absolute Gasteiger partial charge is 0.404 e. The Kier molecular flexibility index (Phi) is 4.05. The number of aromatic amines is 1. The molecule has 1 amide bonds. The molecule has 5 heteroatoms. The molecule has 26 heavy (non-hydrogen) atoms. The number of carbonyl (C=O) groups is 1. The summed E-state index contributed by atoms with van der Waals surface area (Å²) in [5.74, 6) is 0. The van der Waals surface area contributed by atoms with Gasteiger partial charge in [0.15, 0.2) is 0 Å². The lowest BCUT2D eigenvalue weighted by molar-refractivity contribution is 0.158. The number of H-pyrrole nitrogens is 1. The fourth-order valence-corrected chi connectivity index (χ4v) is 3.34. The summed E-state index contributed by atoms with van der Waals surface area (Å²) in [6.45, 7) is 2.35. The molecule has 5 nitrogen and oxygen atoms in total. The van der Waals surface area contributed by atoms with Crippen LogP contribution < -0.4 is 5.73 Å². The van der Waals surface area contributed by atoms with Gasteiger partial charge in [0, 0.05) is 28.9 Å². The molecule has 0 saturated carbocycles. The van der Waals surface area contributed by atoms with E-state index in [1.165, 1.54) is 5.56 Å². The highest BCUT2D eigenvalue weighted by molar-refractivity contribution is 6.13. The molecule has 2 heterocycles. The minimum Gasteiger partial charge on any atom is -0.449 e. The molecule has 0 fully saturated rings. The van der Waals surface area contributed by atoms with Crippen molar-refractivity contribution in [2.24, 2.45) is 5.73 Å². The summed E-state index contributed by atoms with van der Waals surface area (Å²) in [6, 6.07) is 16.7. The van der Waals surface area contributed by atoms with Crippen molar-refractivity contribution in [3.8, 4) is 11.1 Å². The van der Waals surface area contributed by atoms with Crippen LogP contribution in [0.2, 0.25) is 0 Å². The third kappa shape index (κ3) is 2.99. The van der Waals surface area contributed by atoms with Crippen LogP contribution in [0.25, 0.3) is 33.1 Å². The molecule has 4 aromatic rings. The molecular weight excluding hydrogens is 326 g/mol. The van der Waals surface area contributed by atoms with Crippen molar-refractivity contribution in [3.63, 3.8) is 0 Å². The molecule has 0 aliphatic heterocycles. The minimum absolute atomic E-state index is 0.275. The van der Waals surface area contributed by atoms with Crippen molar-refractivity contribution in [3.05, 3.63) is 65.9 Å². The van der Waals surface area contributed by atoms with Crippen molar-refractivity contribution in [2.75, 3.05) is 6.61 Å². The minimum atomic E-state index is -0.744. The van der Waals surface area contributed by atoms with Crippen LogP contribution in [0.4, 0.5) is 4.79 Å². The second-order valence-corrected chi connectivity index (χ2v) is 6.37. The fourth-order valence-electron chi connectivity index (χ4n) is 3.34. The number of fused-ring (bicyclic) bond motifs is 3. The van der Waals surface area contributed by atoms with Gasteiger partial charge in [-0.25, -0.2) is 9.78 Å². The first-order valence-corrected chi connectivity index (χ1v) is 8.50. The van der Waals surface area contributed by atoms with E-state index in [1.807, 2.05) is 24.4 Å². The number of aryl methyl sites for hydroxylation is 1. The summed E-state index contributed by atoms with van der Waals surface area (Å²) in [6.07, 6.45) is 1.70. The molecule has 4 rings (SSSR count). The Hall–Kier alpha value is -3.34. The summed E-state index contributed by atoms with van der Waals surface area (Å²) in [4.78, 5) is 18.6. The van der Waals surface area contributed by atoms with Gasteiger partial charge >= 0.3 is 6.09 Å². The quantitative estimate of drug-likeness (QED) is 0.577. The molecule has 0 spiro atoms. The second-order valence-electron chi connectivity index (χ2n) is 6.37. The molecule has 0 bridgehead atoms. The van der Waals surface area contributed by atoms with Gasteiger partial charge in [0.05, 0.1) is 6.61 Å². The van der Waals surface area contributed by atoms with E-state index >= 15 is 0 Å². The zero-order valence-electron chi connectivity index (χ0n) is 14.5. The average Bonchev–Trinajstić information content (AvgIpc) is 2.99. The van der Waals surface area contributed by atoms with Gasteiger partial charge in [0.1, 0.15) is 5.65 Å². The number of nitrogens with zero attached hydrogens (tertiary/aromatic N) is 1. The number of rotatable bonds is 4. The zero-order chi connectivity index (χ0) is 18.1. The van der Waals surface area contributed by atoms with Crippen LogP contribution in [0.15, 0.2) is 54.7 Å². The Morgan fingerprint density at radius 1 is 1.19 bits per heavy atom. The summed E-state index contributed by atoms with van der Waals surface area (Å²) in [7, 11) is 0. The Bertz CT molecular complexity index is 1110. The number of benzene rings is 2.